The number of rotatable bonds is 11. The largest absolute Gasteiger partial charge is 0.462 e. The molecule has 1 fully saturated rings. The van der Waals surface area contributed by atoms with Crippen molar-refractivity contribution in [2.24, 2.45) is 5.92 Å². The van der Waals surface area contributed by atoms with E-state index in [1.165, 1.54) is 18.4 Å². The number of anilines is 2. The summed E-state index contributed by atoms with van der Waals surface area (Å²) in [4.78, 5) is 23.4. The summed E-state index contributed by atoms with van der Waals surface area (Å²) in [6.45, 7) is 4.31. The van der Waals surface area contributed by atoms with Crippen LogP contribution in [0.1, 0.15) is 54.9 Å². The van der Waals surface area contributed by atoms with Gasteiger partial charge in [-0.3, -0.25) is 0 Å². The van der Waals surface area contributed by atoms with Crippen LogP contribution in [0, 0.1) is 5.92 Å². The Bertz CT molecular complexity index is 1120. The quantitative estimate of drug-likeness (QED) is 0.288. The van der Waals surface area contributed by atoms with Crippen molar-refractivity contribution in [2.75, 3.05) is 44.0 Å². The number of benzene rings is 2. The van der Waals surface area contributed by atoms with Crippen molar-refractivity contribution in [3.05, 3.63) is 59.7 Å². The fourth-order valence-electron chi connectivity index (χ4n) is 4.90. The Morgan fingerprint density at radius 1 is 1.03 bits per heavy atom. The Balaban J connectivity index is 1.16. The smallest absolute Gasteiger partial charge is 0.338 e. The molecule has 36 heavy (non-hydrogen) atoms. The van der Waals surface area contributed by atoms with Gasteiger partial charge >= 0.3 is 5.97 Å². The van der Waals surface area contributed by atoms with Crippen molar-refractivity contribution in [1.82, 2.24) is 15.3 Å². The van der Waals surface area contributed by atoms with Crippen LogP contribution in [0.15, 0.2) is 48.5 Å². The first-order valence-electron chi connectivity index (χ1n) is 13.2. The third kappa shape index (κ3) is 6.94. The third-order valence-electron chi connectivity index (χ3n) is 6.90. The zero-order chi connectivity index (χ0) is 25.3. The first-order chi connectivity index (χ1) is 17.5. The highest BCUT2D eigenvalue weighted by molar-refractivity contribution is 5.90. The number of carbonyl (C=O) groups excluding carboxylic acids is 1. The molecule has 2 N–H and O–H groups in total. The van der Waals surface area contributed by atoms with Crippen molar-refractivity contribution in [3.8, 4) is 0 Å². The minimum atomic E-state index is -0.251. The van der Waals surface area contributed by atoms with E-state index in [9.17, 15) is 4.79 Å². The van der Waals surface area contributed by atoms with E-state index in [1.807, 2.05) is 57.4 Å². The van der Waals surface area contributed by atoms with Crippen LogP contribution in [0.3, 0.4) is 0 Å². The normalized spacial score (nSPS) is 17.6. The monoisotopic (exact) mass is 489 g/mol. The lowest BCUT2D eigenvalue weighted by atomic mass is 9.86. The van der Waals surface area contributed by atoms with Crippen molar-refractivity contribution in [2.45, 2.75) is 51.5 Å². The highest BCUT2D eigenvalue weighted by atomic mass is 16.5. The lowest BCUT2D eigenvalue weighted by Gasteiger charge is -2.29. The number of carbonyl (C=O) groups is 1. The molecule has 0 unspecified atom stereocenters. The number of esters is 1. The molecule has 0 atom stereocenters. The number of hydrogen-bond acceptors (Lipinski definition) is 7. The second-order valence-corrected chi connectivity index (χ2v) is 9.87. The summed E-state index contributed by atoms with van der Waals surface area (Å²) in [6, 6.07) is 16.4. The van der Waals surface area contributed by atoms with Crippen LogP contribution in [0.4, 0.5) is 11.8 Å². The number of aryl methyl sites for hydroxylation is 1. The van der Waals surface area contributed by atoms with Gasteiger partial charge in [0.2, 0.25) is 5.95 Å². The zero-order valence-electron chi connectivity index (χ0n) is 21.8. The summed E-state index contributed by atoms with van der Waals surface area (Å²) in [7, 11) is 4.05. The van der Waals surface area contributed by atoms with E-state index in [2.05, 4.69) is 27.7 Å². The molecule has 0 amide bonds. The fraction of sp³-hybridized carbons (Fsp3) is 0.483. The van der Waals surface area contributed by atoms with Gasteiger partial charge in [-0.2, -0.15) is 4.98 Å². The van der Waals surface area contributed by atoms with Gasteiger partial charge in [0.1, 0.15) is 5.82 Å². The van der Waals surface area contributed by atoms with Crippen LogP contribution >= 0.6 is 0 Å². The van der Waals surface area contributed by atoms with Gasteiger partial charge in [-0.1, -0.05) is 24.3 Å². The van der Waals surface area contributed by atoms with Crippen LogP contribution in [-0.4, -0.2) is 55.8 Å². The number of fused-ring (bicyclic) bond motifs is 1. The molecular formula is C29H39N5O2. The van der Waals surface area contributed by atoms with Gasteiger partial charge in [0.25, 0.3) is 0 Å². The summed E-state index contributed by atoms with van der Waals surface area (Å²) in [5.74, 6) is 2.16. The summed E-state index contributed by atoms with van der Waals surface area (Å²) >= 11 is 0. The summed E-state index contributed by atoms with van der Waals surface area (Å²) in [5.41, 5.74) is 2.85. The predicted octanol–water partition coefficient (Wildman–Crippen LogP) is 5.07. The lowest BCUT2D eigenvalue weighted by molar-refractivity contribution is 0.0526. The molecule has 7 nitrogen and oxygen atoms in total. The van der Waals surface area contributed by atoms with Gasteiger partial charge in [0.05, 0.1) is 17.7 Å². The molecule has 0 bridgehead atoms. The van der Waals surface area contributed by atoms with Crippen molar-refractivity contribution in [1.29, 1.82) is 0 Å². The van der Waals surface area contributed by atoms with E-state index >= 15 is 0 Å². The molecule has 1 saturated carbocycles. The molecule has 1 aromatic heterocycles. The van der Waals surface area contributed by atoms with Gasteiger partial charge in [0.15, 0.2) is 0 Å². The van der Waals surface area contributed by atoms with E-state index < -0.39 is 0 Å². The van der Waals surface area contributed by atoms with E-state index in [1.54, 1.807) is 0 Å². The van der Waals surface area contributed by atoms with E-state index in [0.717, 1.165) is 67.4 Å². The lowest BCUT2D eigenvalue weighted by Crippen LogP contribution is -2.32. The standard InChI is InChI=1S/C29H39N5O2/c1-4-36-28(35)23-15-11-21(12-16-23)8-7-19-30-20-22-13-17-24(18-14-22)31-29-32-26-10-6-5-9-25(26)27(33-29)34(2)3/h5-6,9-12,15-16,22,24,30H,4,7-8,13-14,17-20H2,1-3H3,(H,31,32,33)/t22-,24+. The second-order valence-electron chi connectivity index (χ2n) is 9.87. The molecule has 2 aromatic carbocycles. The number of ether oxygens (including phenoxy) is 1. The van der Waals surface area contributed by atoms with Crippen LogP contribution < -0.4 is 15.5 Å². The van der Waals surface area contributed by atoms with Crippen LogP contribution in [0.5, 0.6) is 0 Å². The van der Waals surface area contributed by atoms with Gasteiger partial charge in [-0.25, -0.2) is 9.78 Å². The highest BCUT2D eigenvalue weighted by Gasteiger charge is 2.22. The fourth-order valence-corrected chi connectivity index (χ4v) is 4.90. The van der Waals surface area contributed by atoms with Crippen LogP contribution in [0.2, 0.25) is 0 Å². The molecule has 4 rings (SSSR count). The average Bonchev–Trinajstić information content (AvgIpc) is 2.89. The Hall–Kier alpha value is -3.19. The Labute approximate surface area is 214 Å². The van der Waals surface area contributed by atoms with Crippen LogP contribution in [0.25, 0.3) is 10.9 Å². The van der Waals surface area contributed by atoms with Gasteiger partial charge in [-0.05, 0) is 94.3 Å². The molecule has 3 aromatic rings. The molecule has 0 radical (unpaired) electrons. The second kappa shape index (κ2) is 12.7. The first-order valence-corrected chi connectivity index (χ1v) is 13.2. The number of aromatic nitrogens is 2. The van der Waals surface area contributed by atoms with Crippen LogP contribution in [-0.2, 0) is 11.2 Å². The van der Waals surface area contributed by atoms with E-state index in [-0.39, 0.29) is 5.97 Å². The molecule has 7 heteroatoms. The number of hydrogen-bond donors (Lipinski definition) is 2. The number of nitrogens with one attached hydrogen (secondary N) is 2. The number of para-hydroxylation sites is 1. The first kappa shape index (κ1) is 25.9. The van der Waals surface area contributed by atoms with Crippen molar-refractivity contribution >= 4 is 28.6 Å². The zero-order valence-corrected chi connectivity index (χ0v) is 21.8. The SMILES string of the molecule is CCOC(=O)c1ccc(CCCNC[C@H]2CC[C@@H](Nc3nc(N(C)C)c4ccccc4n3)CC2)cc1. The number of nitrogens with zero attached hydrogens (tertiary/aromatic N) is 3. The molecule has 1 aliphatic rings. The maximum atomic E-state index is 11.8. The van der Waals surface area contributed by atoms with Crippen molar-refractivity contribution < 1.29 is 9.53 Å². The third-order valence-corrected chi connectivity index (χ3v) is 6.90. The molecule has 0 saturated heterocycles. The van der Waals surface area contributed by atoms with E-state index in [0.29, 0.717) is 18.2 Å². The average molecular weight is 490 g/mol. The van der Waals surface area contributed by atoms with Gasteiger partial charge < -0.3 is 20.3 Å². The Morgan fingerprint density at radius 2 is 1.78 bits per heavy atom. The molecule has 0 spiro atoms. The van der Waals surface area contributed by atoms with Crippen molar-refractivity contribution in [3.63, 3.8) is 0 Å². The maximum absolute atomic E-state index is 11.8. The minimum absolute atomic E-state index is 0.251. The topological polar surface area (TPSA) is 79.4 Å². The Morgan fingerprint density at radius 3 is 2.50 bits per heavy atom. The molecule has 1 heterocycles. The molecule has 192 valence electrons. The van der Waals surface area contributed by atoms with Gasteiger partial charge in [0, 0.05) is 25.5 Å². The molecular weight excluding hydrogens is 450 g/mol. The summed E-state index contributed by atoms with van der Waals surface area (Å²) in [6.07, 6.45) is 6.82. The summed E-state index contributed by atoms with van der Waals surface area (Å²) in [5, 5.41) is 8.33. The van der Waals surface area contributed by atoms with Gasteiger partial charge in [-0.15, -0.1) is 0 Å². The minimum Gasteiger partial charge on any atom is -0.462 e. The molecule has 1 aliphatic carbocycles. The summed E-state index contributed by atoms with van der Waals surface area (Å²) < 4.78 is 5.04. The molecule has 0 aliphatic heterocycles. The van der Waals surface area contributed by atoms with E-state index in [4.69, 9.17) is 14.7 Å². The maximum Gasteiger partial charge on any atom is 0.338 e. The Kier molecular flexibility index (Phi) is 9.11. The highest BCUT2D eigenvalue weighted by Crippen LogP contribution is 2.28. The predicted molar refractivity (Wildman–Crippen MR) is 147 cm³/mol.